The average molecular weight is 789 g/mol. The van der Waals surface area contributed by atoms with Crippen LogP contribution in [0, 0.1) is 17.4 Å². The average Bonchev–Trinajstić information content (AvgIpc) is 3.69. The number of allylic oxidation sites excluding steroid dienone is 1. The van der Waals surface area contributed by atoms with Gasteiger partial charge in [-0.05, 0) is 99.4 Å². The van der Waals surface area contributed by atoms with Gasteiger partial charge in [-0.3, -0.25) is 0 Å². The molecule has 5 heterocycles. The van der Waals surface area contributed by atoms with Gasteiger partial charge in [0.05, 0.1) is 19.6 Å². The minimum atomic E-state index is -4.32. The molecule has 7 rings (SSSR count). The van der Waals surface area contributed by atoms with Gasteiger partial charge in [-0.1, -0.05) is 60.7 Å². The Labute approximate surface area is 266 Å². The molecule has 0 saturated heterocycles. The molecule has 2 aliphatic heterocycles. The second kappa shape index (κ2) is 9.85. The number of aromatic nitrogens is 1. The van der Waals surface area contributed by atoms with Crippen LogP contribution in [0.5, 0.6) is 0 Å². The summed E-state index contributed by atoms with van der Waals surface area (Å²) in [6.45, 7) is -0.313. The summed E-state index contributed by atoms with van der Waals surface area (Å²) < 4.78 is 38.9. The molecule has 0 saturated carbocycles. The van der Waals surface area contributed by atoms with Crippen molar-refractivity contribution < 1.29 is 13.1 Å². The van der Waals surface area contributed by atoms with Crippen LogP contribution in [0.15, 0.2) is 93.5 Å². The van der Waals surface area contributed by atoms with Crippen LogP contribution < -0.4 is 0 Å². The maximum atomic E-state index is 17.4. The molecule has 2 aromatic carbocycles. The third-order valence-electron chi connectivity index (χ3n) is 7.15. The quantitative estimate of drug-likeness (QED) is 0.128. The fourth-order valence-electron chi connectivity index (χ4n) is 5.44. The Morgan fingerprint density at radius 2 is 1.35 bits per heavy atom. The van der Waals surface area contributed by atoms with Crippen molar-refractivity contribution in [3.63, 3.8) is 0 Å². The summed E-state index contributed by atoms with van der Waals surface area (Å²) in [6, 6.07) is 27.4. The lowest BCUT2D eigenvalue weighted by Gasteiger charge is -2.31. The highest BCUT2D eigenvalue weighted by Crippen LogP contribution is 2.51. The van der Waals surface area contributed by atoms with E-state index in [1.54, 1.807) is 0 Å². The number of halogens is 4. The van der Waals surface area contributed by atoms with Gasteiger partial charge in [0.2, 0.25) is 5.82 Å². The fourth-order valence-corrected chi connectivity index (χ4v) is 9.84. The second-order valence-corrected chi connectivity index (χ2v) is 14.4. The summed E-state index contributed by atoms with van der Waals surface area (Å²) in [5, 5.41) is 0. The largest absolute Gasteiger partial charge is 0.642 e. The highest BCUT2D eigenvalue weighted by atomic mass is 127. The molecule has 3 nitrogen and oxygen atoms in total. The van der Waals surface area contributed by atoms with E-state index in [2.05, 4.69) is 45.2 Å². The van der Waals surface area contributed by atoms with Crippen molar-refractivity contribution in [2.24, 2.45) is 4.99 Å². The first-order chi connectivity index (χ1) is 19.3. The molecule has 0 amide bonds. The lowest BCUT2D eigenvalue weighted by molar-refractivity contribution is -0.291. The summed E-state index contributed by atoms with van der Waals surface area (Å²) in [5.74, 6) is 0.600. The van der Waals surface area contributed by atoms with Crippen molar-refractivity contribution in [1.29, 1.82) is 0 Å². The number of nitrogens with zero attached hydrogens (tertiary/aromatic N) is 3. The number of aryl methyl sites for hydroxylation is 2. The molecule has 0 unspecified atom stereocenters. The predicted molar refractivity (Wildman–Crippen MR) is 182 cm³/mol. The van der Waals surface area contributed by atoms with Gasteiger partial charge in [-0.25, -0.2) is 0 Å². The van der Waals surface area contributed by atoms with Crippen molar-refractivity contribution >= 4 is 97.8 Å². The zero-order valence-electron chi connectivity index (χ0n) is 21.3. The third-order valence-corrected chi connectivity index (χ3v) is 11.3. The molecule has 0 bridgehead atoms. The van der Waals surface area contributed by atoms with Crippen LogP contribution in [-0.2, 0) is 0 Å². The number of benzene rings is 2. The summed E-state index contributed by atoms with van der Waals surface area (Å²) in [6.07, 6.45) is 0. The van der Waals surface area contributed by atoms with Crippen molar-refractivity contribution in [1.82, 2.24) is 4.48 Å². The van der Waals surface area contributed by atoms with Crippen LogP contribution in [0.3, 0.4) is 0 Å². The molecule has 40 heavy (non-hydrogen) atoms. The number of hydrogen-bond donors (Lipinski definition) is 0. The van der Waals surface area contributed by atoms with Gasteiger partial charge in [0.15, 0.2) is 0 Å². The van der Waals surface area contributed by atoms with Crippen LogP contribution in [0.4, 0.5) is 14.4 Å². The molecule has 0 aliphatic carbocycles. The fraction of sp³-hybridized carbons (Fsp3) is 0.0667. The normalized spacial score (nSPS) is 15.9. The first-order valence-corrected chi connectivity index (χ1v) is 16.4. The van der Waals surface area contributed by atoms with Crippen LogP contribution in [-0.4, -0.2) is 27.5 Å². The molecule has 0 spiro atoms. The smallest absolute Gasteiger partial charge is 0.414 e. The van der Waals surface area contributed by atoms with Gasteiger partial charge in [0.25, 0.3) is 5.84 Å². The molecule has 0 atom stereocenters. The number of hydrogen-bond acceptors (Lipinski definition) is 3. The Kier molecular flexibility index (Phi) is 6.52. The topological polar surface area (TPSA) is 20.3 Å². The summed E-state index contributed by atoms with van der Waals surface area (Å²) in [7, 11) is 0. The zero-order chi connectivity index (χ0) is 27.8. The molecule has 2 aliphatic rings. The van der Waals surface area contributed by atoms with Crippen LogP contribution in [0.25, 0.3) is 27.3 Å². The lowest BCUT2D eigenvalue weighted by atomic mass is 9.91. The highest BCUT2D eigenvalue weighted by Gasteiger charge is 2.56. The van der Waals surface area contributed by atoms with E-state index in [0.29, 0.717) is 23.1 Å². The maximum absolute atomic E-state index is 17.4. The van der Waals surface area contributed by atoms with Crippen LogP contribution >= 0.6 is 67.9 Å². The van der Waals surface area contributed by atoms with E-state index in [1.807, 2.05) is 98.8 Å². The van der Waals surface area contributed by atoms with E-state index in [4.69, 9.17) is 4.99 Å². The Hall–Kier alpha value is -2.42. The summed E-state index contributed by atoms with van der Waals surface area (Å²) >= 11 is 7.53. The first kappa shape index (κ1) is 26.5. The Morgan fingerprint density at radius 1 is 0.775 bits per heavy atom. The van der Waals surface area contributed by atoms with Gasteiger partial charge in [-0.2, -0.15) is 0 Å². The van der Waals surface area contributed by atoms with E-state index < -0.39 is 6.97 Å². The van der Waals surface area contributed by atoms with E-state index in [1.165, 1.54) is 31.6 Å². The van der Waals surface area contributed by atoms with Crippen LogP contribution in [0.1, 0.15) is 20.2 Å². The first-order valence-electron chi connectivity index (χ1n) is 12.6. The second-order valence-electron chi connectivity index (χ2n) is 9.72. The number of aliphatic imine (C=N–C) groups is 1. The predicted octanol–water partition coefficient (Wildman–Crippen LogP) is 9.79. The Bertz CT molecular complexity index is 1920. The van der Waals surface area contributed by atoms with Crippen molar-refractivity contribution in [3.05, 3.63) is 112 Å². The van der Waals surface area contributed by atoms with E-state index >= 15 is 8.63 Å². The highest BCUT2D eigenvalue weighted by molar-refractivity contribution is 14.1. The van der Waals surface area contributed by atoms with Gasteiger partial charge in [0, 0.05) is 23.9 Å². The summed E-state index contributed by atoms with van der Waals surface area (Å²) in [5.41, 5.74) is 4.25. The zero-order valence-corrected chi connectivity index (χ0v) is 27.3. The van der Waals surface area contributed by atoms with Gasteiger partial charge in [0.1, 0.15) is 5.71 Å². The molecule has 10 heteroatoms. The van der Waals surface area contributed by atoms with Crippen molar-refractivity contribution in [3.8, 4) is 21.7 Å². The standard InChI is InChI=1S/C30H20BF2I2N3S2/c1-17-13-15-21(39-17)27-25(34)23(19-9-5-3-6-10-19)29-36-30-24(20-11-7-4-8-12-20)26(35)28(22-16-14-18(2)40-22)38(30)31(32,33)37(27)29/h3-16H,1-2H3. The molecule has 198 valence electrons. The maximum Gasteiger partial charge on any atom is 0.642 e. The van der Waals surface area contributed by atoms with Crippen LogP contribution in [0.2, 0.25) is 0 Å². The molecular weight excluding hydrogens is 769 g/mol. The Morgan fingerprint density at radius 3 is 1.93 bits per heavy atom. The number of thiophene rings is 2. The molecule has 5 aromatic rings. The van der Waals surface area contributed by atoms with E-state index in [0.717, 1.165) is 48.9 Å². The molecule has 0 fully saturated rings. The number of rotatable bonds is 4. The minimum Gasteiger partial charge on any atom is -0.414 e. The van der Waals surface area contributed by atoms with Crippen molar-refractivity contribution in [2.45, 2.75) is 13.8 Å². The van der Waals surface area contributed by atoms with Crippen molar-refractivity contribution in [2.75, 3.05) is 0 Å². The minimum absolute atomic E-state index is 0.300. The monoisotopic (exact) mass is 789 g/mol. The SMILES string of the molecule is Cc1ccc(C2=[N+]3C(=Nc4c(-c5ccccc5)c(I)c(-c5ccc(C)s5)n4[B-]3(F)F)C(c3ccccc3)=C2I)s1. The Balaban J connectivity index is 1.62. The summed E-state index contributed by atoms with van der Waals surface area (Å²) in [4.78, 5) is 8.91. The molecule has 3 aromatic heterocycles. The molecular formula is C30H20BF2I2N3S2. The lowest BCUT2D eigenvalue weighted by Crippen LogP contribution is -2.53. The van der Waals surface area contributed by atoms with Gasteiger partial charge in [-0.15, -0.1) is 22.7 Å². The third kappa shape index (κ3) is 3.97. The molecule has 0 radical (unpaired) electrons. The van der Waals surface area contributed by atoms with E-state index in [-0.39, 0.29) is 0 Å². The van der Waals surface area contributed by atoms with Gasteiger partial charge >= 0.3 is 6.97 Å². The van der Waals surface area contributed by atoms with E-state index in [9.17, 15) is 0 Å². The van der Waals surface area contributed by atoms with Gasteiger partial charge < -0.3 is 17.6 Å². The number of fused-ring (bicyclic) bond motifs is 2. The molecule has 0 N–H and O–H groups in total. The number of amidine groups is 1.